The zero-order chi connectivity index (χ0) is 21.6. The second kappa shape index (κ2) is 8.11. The molecule has 2 aromatic rings. The van der Waals surface area contributed by atoms with Crippen molar-refractivity contribution in [3.05, 3.63) is 41.9 Å². The van der Waals surface area contributed by atoms with E-state index in [2.05, 4.69) is 55.3 Å². The van der Waals surface area contributed by atoms with Gasteiger partial charge in [0.25, 0.3) is 0 Å². The SMILES string of the molecule is CC(C)c1ccc(-c2cnc(CCC(=O)NC(C)C34CC5CC(CC(C5)C3)C4)o2)cc1. The Labute approximate surface area is 186 Å². The van der Waals surface area contributed by atoms with Crippen molar-refractivity contribution in [1.29, 1.82) is 0 Å². The van der Waals surface area contributed by atoms with Gasteiger partial charge in [-0.15, -0.1) is 0 Å². The molecule has 0 radical (unpaired) electrons. The first-order chi connectivity index (χ1) is 14.9. The van der Waals surface area contributed by atoms with Gasteiger partial charge in [0.15, 0.2) is 11.7 Å². The van der Waals surface area contributed by atoms with Gasteiger partial charge in [-0.05, 0) is 80.1 Å². The maximum Gasteiger partial charge on any atom is 0.220 e. The lowest BCUT2D eigenvalue weighted by Crippen LogP contribution is -2.55. The molecule has 4 saturated carbocycles. The number of hydrogen-bond acceptors (Lipinski definition) is 3. The normalized spacial score (nSPS) is 30.0. The molecular weight excluding hydrogens is 384 g/mol. The monoisotopic (exact) mass is 420 g/mol. The summed E-state index contributed by atoms with van der Waals surface area (Å²) in [5.41, 5.74) is 2.69. The third-order valence-electron chi connectivity index (χ3n) is 8.36. The Morgan fingerprint density at radius 2 is 1.68 bits per heavy atom. The molecule has 4 bridgehead atoms. The summed E-state index contributed by atoms with van der Waals surface area (Å²) in [6.07, 6.45) is 11.0. The van der Waals surface area contributed by atoms with Crippen LogP contribution in [0.3, 0.4) is 0 Å². The average Bonchev–Trinajstić information content (AvgIpc) is 3.20. The van der Waals surface area contributed by atoms with E-state index in [1.165, 1.54) is 44.1 Å². The molecule has 4 heteroatoms. The first-order valence-corrected chi connectivity index (χ1v) is 12.2. The number of aryl methyl sites for hydroxylation is 1. The minimum atomic E-state index is 0.129. The van der Waals surface area contributed by atoms with Crippen molar-refractivity contribution in [2.45, 2.75) is 84.1 Å². The highest BCUT2D eigenvalue weighted by Crippen LogP contribution is 2.61. The number of aromatic nitrogens is 1. The lowest BCUT2D eigenvalue weighted by molar-refractivity contribution is -0.125. The van der Waals surface area contributed by atoms with Gasteiger partial charge in [0.1, 0.15) is 0 Å². The van der Waals surface area contributed by atoms with Crippen LogP contribution >= 0.6 is 0 Å². The lowest BCUT2D eigenvalue weighted by Gasteiger charge is -2.59. The Morgan fingerprint density at radius 1 is 1.06 bits per heavy atom. The third-order valence-corrected chi connectivity index (χ3v) is 8.36. The van der Waals surface area contributed by atoms with Crippen LogP contribution in [0.1, 0.15) is 83.1 Å². The minimum Gasteiger partial charge on any atom is -0.441 e. The number of rotatable bonds is 7. The first kappa shape index (κ1) is 20.8. The maximum atomic E-state index is 12.7. The molecule has 1 unspecified atom stereocenters. The summed E-state index contributed by atoms with van der Waals surface area (Å²) < 4.78 is 5.93. The molecule has 1 aromatic heterocycles. The Kier molecular flexibility index (Phi) is 5.44. The quantitative estimate of drug-likeness (QED) is 0.587. The zero-order valence-corrected chi connectivity index (χ0v) is 19.2. The van der Waals surface area contributed by atoms with Crippen LogP contribution in [0, 0.1) is 23.2 Å². The fourth-order valence-electron chi connectivity index (χ4n) is 6.99. The Hall–Kier alpha value is -2.10. The molecule has 166 valence electrons. The highest BCUT2D eigenvalue weighted by atomic mass is 16.4. The molecule has 4 aliphatic rings. The number of amides is 1. The summed E-state index contributed by atoms with van der Waals surface area (Å²) in [6.45, 7) is 6.63. The van der Waals surface area contributed by atoms with E-state index in [9.17, 15) is 4.79 Å². The van der Waals surface area contributed by atoms with Gasteiger partial charge in [-0.1, -0.05) is 38.1 Å². The van der Waals surface area contributed by atoms with Gasteiger partial charge < -0.3 is 9.73 Å². The Morgan fingerprint density at radius 3 is 2.26 bits per heavy atom. The number of hydrogen-bond donors (Lipinski definition) is 1. The van der Waals surface area contributed by atoms with Gasteiger partial charge in [0, 0.05) is 24.4 Å². The van der Waals surface area contributed by atoms with Crippen LogP contribution in [0.2, 0.25) is 0 Å². The van der Waals surface area contributed by atoms with Crippen molar-refractivity contribution in [2.24, 2.45) is 23.2 Å². The summed E-state index contributed by atoms with van der Waals surface area (Å²) >= 11 is 0. The second-order valence-corrected chi connectivity index (χ2v) is 11.0. The van der Waals surface area contributed by atoms with Crippen molar-refractivity contribution >= 4 is 5.91 Å². The summed E-state index contributed by atoms with van der Waals surface area (Å²) in [6, 6.07) is 8.72. The molecule has 6 rings (SSSR count). The number of nitrogens with one attached hydrogen (secondary N) is 1. The summed E-state index contributed by atoms with van der Waals surface area (Å²) in [7, 11) is 0. The standard InChI is InChI=1S/C27H36N2O2/c1-17(2)22-4-6-23(7-5-22)24-16-28-26(31-24)9-8-25(30)29-18(3)27-13-19-10-20(14-27)12-21(11-19)15-27/h4-7,16-21H,8-15H2,1-3H3,(H,29,30). The smallest absolute Gasteiger partial charge is 0.220 e. The van der Waals surface area contributed by atoms with Gasteiger partial charge in [-0.25, -0.2) is 4.98 Å². The van der Waals surface area contributed by atoms with E-state index >= 15 is 0 Å². The van der Waals surface area contributed by atoms with Crippen molar-refractivity contribution in [3.8, 4) is 11.3 Å². The van der Waals surface area contributed by atoms with E-state index in [1.807, 2.05) is 0 Å². The van der Waals surface area contributed by atoms with E-state index in [0.29, 0.717) is 30.1 Å². The zero-order valence-electron chi connectivity index (χ0n) is 19.2. The minimum absolute atomic E-state index is 0.129. The highest BCUT2D eigenvalue weighted by molar-refractivity contribution is 5.76. The molecule has 1 aromatic carbocycles. The van der Waals surface area contributed by atoms with E-state index in [1.54, 1.807) is 6.20 Å². The van der Waals surface area contributed by atoms with Crippen molar-refractivity contribution < 1.29 is 9.21 Å². The molecule has 4 aliphatic carbocycles. The first-order valence-electron chi connectivity index (χ1n) is 12.2. The van der Waals surface area contributed by atoms with Crippen LogP contribution < -0.4 is 5.32 Å². The van der Waals surface area contributed by atoms with Gasteiger partial charge in [-0.3, -0.25) is 4.79 Å². The molecule has 0 saturated heterocycles. The van der Waals surface area contributed by atoms with Crippen LogP contribution in [0.25, 0.3) is 11.3 Å². The van der Waals surface area contributed by atoms with Crippen molar-refractivity contribution in [1.82, 2.24) is 10.3 Å². The summed E-state index contributed by atoms with van der Waals surface area (Å²) in [5.74, 6) is 4.78. The number of carbonyl (C=O) groups is 1. The van der Waals surface area contributed by atoms with E-state index < -0.39 is 0 Å². The predicted octanol–water partition coefficient (Wildman–Crippen LogP) is 6.12. The molecule has 1 N–H and O–H groups in total. The van der Waals surface area contributed by atoms with Crippen LogP contribution in [0.5, 0.6) is 0 Å². The molecular formula is C27H36N2O2. The molecule has 4 fully saturated rings. The molecule has 0 aliphatic heterocycles. The van der Waals surface area contributed by atoms with Gasteiger partial charge in [0.05, 0.1) is 6.20 Å². The number of nitrogens with zero attached hydrogens (tertiary/aromatic N) is 1. The number of oxazole rings is 1. The average molecular weight is 421 g/mol. The van der Waals surface area contributed by atoms with E-state index in [0.717, 1.165) is 29.1 Å². The maximum absolute atomic E-state index is 12.7. The number of carbonyl (C=O) groups excluding carboxylic acids is 1. The highest BCUT2D eigenvalue weighted by Gasteiger charge is 2.53. The predicted molar refractivity (Wildman–Crippen MR) is 123 cm³/mol. The fraction of sp³-hybridized carbons (Fsp3) is 0.630. The lowest BCUT2D eigenvalue weighted by atomic mass is 9.48. The molecule has 1 atom stereocenters. The second-order valence-electron chi connectivity index (χ2n) is 11.0. The van der Waals surface area contributed by atoms with E-state index in [4.69, 9.17) is 4.42 Å². The topological polar surface area (TPSA) is 55.1 Å². The van der Waals surface area contributed by atoms with Crippen molar-refractivity contribution in [2.75, 3.05) is 0 Å². The molecule has 1 amide bonds. The van der Waals surface area contributed by atoms with Crippen LogP contribution in [0.15, 0.2) is 34.9 Å². The third kappa shape index (κ3) is 4.18. The fourth-order valence-corrected chi connectivity index (χ4v) is 6.99. The molecule has 1 heterocycles. The van der Waals surface area contributed by atoms with Gasteiger partial charge in [-0.2, -0.15) is 0 Å². The van der Waals surface area contributed by atoms with E-state index in [-0.39, 0.29) is 11.9 Å². The van der Waals surface area contributed by atoms with Gasteiger partial charge in [0.2, 0.25) is 5.91 Å². The van der Waals surface area contributed by atoms with Crippen molar-refractivity contribution in [3.63, 3.8) is 0 Å². The van der Waals surface area contributed by atoms with Gasteiger partial charge >= 0.3 is 0 Å². The summed E-state index contributed by atoms with van der Waals surface area (Å²) in [4.78, 5) is 17.1. The number of benzene rings is 1. The Bertz CT molecular complexity index is 892. The van der Waals surface area contributed by atoms with Crippen LogP contribution in [0.4, 0.5) is 0 Å². The van der Waals surface area contributed by atoms with Crippen LogP contribution in [-0.4, -0.2) is 16.9 Å². The molecule has 0 spiro atoms. The molecule has 31 heavy (non-hydrogen) atoms. The largest absolute Gasteiger partial charge is 0.441 e. The Balaban J connectivity index is 1.15. The van der Waals surface area contributed by atoms with Crippen LogP contribution in [-0.2, 0) is 11.2 Å². The molecule has 4 nitrogen and oxygen atoms in total. The summed E-state index contributed by atoms with van der Waals surface area (Å²) in [5, 5.41) is 3.35.